The van der Waals surface area contributed by atoms with E-state index in [-0.39, 0.29) is 30.6 Å². The average Bonchev–Trinajstić information content (AvgIpc) is 2.96. The second-order valence-corrected chi connectivity index (χ2v) is 7.60. The smallest absolute Gasteiger partial charge is 0.317 e. The Morgan fingerprint density at radius 3 is 2.41 bits per heavy atom. The van der Waals surface area contributed by atoms with Crippen LogP contribution < -0.4 is 0 Å². The van der Waals surface area contributed by atoms with Gasteiger partial charge in [0.2, 0.25) is 0 Å². The van der Waals surface area contributed by atoms with Crippen molar-refractivity contribution in [3.8, 4) is 0 Å². The fraction of sp³-hybridized carbons (Fsp3) is 0.773. The number of allylic oxidation sites excluding steroid dienone is 2. The van der Waals surface area contributed by atoms with Crippen LogP contribution in [0.25, 0.3) is 0 Å². The third-order valence-electron chi connectivity index (χ3n) is 5.21. The summed E-state index contributed by atoms with van der Waals surface area (Å²) in [5, 5.41) is 8.64. The second-order valence-electron chi connectivity index (χ2n) is 7.60. The molecule has 0 spiro atoms. The van der Waals surface area contributed by atoms with Gasteiger partial charge in [0.1, 0.15) is 0 Å². The molecule has 0 bridgehead atoms. The molecule has 0 aromatic carbocycles. The van der Waals surface area contributed by atoms with Gasteiger partial charge in [0.25, 0.3) is 0 Å². The van der Waals surface area contributed by atoms with Gasteiger partial charge in [-0.2, -0.15) is 0 Å². The Labute approximate surface area is 163 Å². The number of rotatable bonds is 16. The van der Waals surface area contributed by atoms with Crippen molar-refractivity contribution in [2.45, 2.75) is 96.8 Å². The van der Waals surface area contributed by atoms with Gasteiger partial charge in [-0.1, -0.05) is 70.4 Å². The predicted octanol–water partition coefficient (Wildman–Crippen LogP) is 5.42. The molecule has 0 aromatic rings. The Kier molecular flexibility index (Phi) is 12.5. The molecule has 2 atom stereocenters. The van der Waals surface area contributed by atoms with Crippen LogP contribution >= 0.6 is 0 Å². The van der Waals surface area contributed by atoms with Crippen molar-refractivity contribution in [1.29, 1.82) is 0 Å². The number of hydrogen-bond donors (Lipinski definition) is 1. The van der Waals surface area contributed by atoms with Gasteiger partial charge in [-0.15, -0.1) is 0 Å². The number of carboxylic acid groups (broad SMARTS) is 1. The predicted molar refractivity (Wildman–Crippen MR) is 105 cm³/mol. The monoisotopic (exact) mass is 380 g/mol. The Balaban J connectivity index is 2.34. The van der Waals surface area contributed by atoms with Crippen LogP contribution in [-0.2, 0) is 19.1 Å². The lowest BCUT2D eigenvalue weighted by molar-refractivity contribution is -0.153. The lowest BCUT2D eigenvalue weighted by atomic mass is 9.86. The summed E-state index contributed by atoms with van der Waals surface area (Å²) < 4.78 is 4.74. The van der Waals surface area contributed by atoms with Gasteiger partial charge in [0, 0.05) is 6.42 Å². The molecule has 0 aliphatic carbocycles. The second kappa shape index (κ2) is 14.4. The molecule has 1 rings (SSSR count). The summed E-state index contributed by atoms with van der Waals surface area (Å²) in [5.41, 5.74) is 0. The van der Waals surface area contributed by atoms with Crippen molar-refractivity contribution in [3.63, 3.8) is 0 Å². The number of esters is 2. The summed E-state index contributed by atoms with van der Waals surface area (Å²) in [6, 6.07) is 0. The molecule has 154 valence electrons. The zero-order valence-electron chi connectivity index (χ0n) is 16.8. The number of carbonyl (C=O) groups excluding carboxylic acids is 2. The molecular formula is C22H36O5. The standard InChI is InChI=1S/C22H36O5/c1-2-3-4-5-6-8-11-14-18(19-17-21(25)27-22(19)26)15-12-9-7-10-13-16-20(23)24/h11,14,18-19H,2-10,12-13,15-17H2,1H3,(H,23,24)/b14-11-. The van der Waals surface area contributed by atoms with Gasteiger partial charge < -0.3 is 9.84 Å². The third kappa shape index (κ3) is 10.9. The Hall–Kier alpha value is -1.65. The van der Waals surface area contributed by atoms with Crippen molar-refractivity contribution in [1.82, 2.24) is 0 Å². The van der Waals surface area contributed by atoms with E-state index in [0.717, 1.165) is 44.9 Å². The minimum absolute atomic E-state index is 0.0682. The summed E-state index contributed by atoms with van der Waals surface area (Å²) in [5.74, 6) is -1.78. The van der Waals surface area contributed by atoms with Gasteiger partial charge in [0.15, 0.2) is 0 Å². The summed E-state index contributed by atoms with van der Waals surface area (Å²) in [6.07, 6.45) is 17.5. The summed E-state index contributed by atoms with van der Waals surface area (Å²) >= 11 is 0. The Morgan fingerprint density at radius 2 is 1.74 bits per heavy atom. The SMILES string of the molecule is CCCCCCC/C=C\C(CCCCCCCC(=O)O)C1CC(=O)OC1=O. The first kappa shape index (κ1) is 23.4. The number of aliphatic carboxylic acids is 1. The fourth-order valence-corrected chi connectivity index (χ4v) is 3.57. The van der Waals surface area contributed by atoms with Crippen LogP contribution in [0.3, 0.4) is 0 Å². The minimum atomic E-state index is -0.737. The third-order valence-corrected chi connectivity index (χ3v) is 5.21. The first-order chi connectivity index (χ1) is 13.0. The zero-order valence-corrected chi connectivity index (χ0v) is 16.8. The molecule has 0 amide bonds. The Morgan fingerprint density at radius 1 is 1.07 bits per heavy atom. The first-order valence-corrected chi connectivity index (χ1v) is 10.7. The van der Waals surface area contributed by atoms with E-state index in [2.05, 4.69) is 19.1 Å². The van der Waals surface area contributed by atoms with Crippen molar-refractivity contribution >= 4 is 17.9 Å². The number of unbranched alkanes of at least 4 members (excludes halogenated alkanes) is 9. The number of ether oxygens (including phenoxy) is 1. The highest BCUT2D eigenvalue weighted by atomic mass is 16.6. The molecule has 27 heavy (non-hydrogen) atoms. The maximum Gasteiger partial charge on any atom is 0.317 e. The van der Waals surface area contributed by atoms with Crippen LogP contribution in [0.1, 0.15) is 96.8 Å². The van der Waals surface area contributed by atoms with E-state index < -0.39 is 11.9 Å². The highest BCUT2D eigenvalue weighted by Gasteiger charge is 2.37. The van der Waals surface area contributed by atoms with Gasteiger partial charge in [0.05, 0.1) is 12.3 Å². The van der Waals surface area contributed by atoms with Crippen LogP contribution in [0.5, 0.6) is 0 Å². The molecule has 1 aliphatic heterocycles. The van der Waals surface area contributed by atoms with Crippen molar-refractivity contribution in [2.75, 3.05) is 0 Å². The number of cyclic esters (lactones) is 2. The molecule has 0 radical (unpaired) electrons. The summed E-state index contributed by atoms with van der Waals surface area (Å²) in [4.78, 5) is 33.9. The first-order valence-electron chi connectivity index (χ1n) is 10.7. The molecule has 2 unspecified atom stereocenters. The molecule has 5 nitrogen and oxygen atoms in total. The van der Waals surface area contributed by atoms with Gasteiger partial charge in [-0.05, 0) is 31.6 Å². The quantitative estimate of drug-likeness (QED) is 0.167. The van der Waals surface area contributed by atoms with Gasteiger partial charge >= 0.3 is 17.9 Å². The molecule has 0 aromatic heterocycles. The van der Waals surface area contributed by atoms with E-state index in [1.165, 1.54) is 32.1 Å². The van der Waals surface area contributed by atoms with Crippen molar-refractivity contribution in [2.24, 2.45) is 11.8 Å². The van der Waals surface area contributed by atoms with Crippen LogP contribution in [0, 0.1) is 11.8 Å². The lowest BCUT2D eigenvalue weighted by Crippen LogP contribution is -2.18. The van der Waals surface area contributed by atoms with E-state index in [9.17, 15) is 14.4 Å². The summed E-state index contributed by atoms with van der Waals surface area (Å²) in [7, 11) is 0. The number of carboxylic acids is 1. The summed E-state index contributed by atoms with van der Waals surface area (Å²) in [6.45, 7) is 2.21. The maximum absolute atomic E-state index is 11.9. The molecule has 5 heteroatoms. The van der Waals surface area contributed by atoms with Crippen LogP contribution in [0.15, 0.2) is 12.2 Å². The Bertz CT molecular complexity index is 483. The molecule has 0 saturated carbocycles. The molecule has 1 saturated heterocycles. The molecule has 1 fully saturated rings. The van der Waals surface area contributed by atoms with Crippen LogP contribution in [-0.4, -0.2) is 23.0 Å². The highest BCUT2D eigenvalue weighted by Crippen LogP contribution is 2.30. The molecule has 1 aliphatic rings. The highest BCUT2D eigenvalue weighted by molar-refractivity contribution is 5.94. The fourth-order valence-electron chi connectivity index (χ4n) is 3.57. The number of carbonyl (C=O) groups is 3. The maximum atomic E-state index is 11.9. The molecular weight excluding hydrogens is 344 g/mol. The van der Waals surface area contributed by atoms with Crippen LogP contribution in [0.2, 0.25) is 0 Å². The largest absolute Gasteiger partial charge is 0.481 e. The minimum Gasteiger partial charge on any atom is -0.481 e. The van der Waals surface area contributed by atoms with E-state index >= 15 is 0 Å². The topological polar surface area (TPSA) is 80.7 Å². The van der Waals surface area contributed by atoms with Crippen molar-refractivity contribution < 1.29 is 24.2 Å². The van der Waals surface area contributed by atoms with Gasteiger partial charge in [-0.25, -0.2) is 0 Å². The van der Waals surface area contributed by atoms with E-state index in [1.807, 2.05) is 0 Å². The van der Waals surface area contributed by atoms with Crippen molar-refractivity contribution in [3.05, 3.63) is 12.2 Å². The van der Waals surface area contributed by atoms with E-state index in [1.54, 1.807) is 0 Å². The van der Waals surface area contributed by atoms with E-state index in [0.29, 0.717) is 0 Å². The molecule has 1 heterocycles. The van der Waals surface area contributed by atoms with Gasteiger partial charge in [-0.3, -0.25) is 14.4 Å². The average molecular weight is 381 g/mol. The van der Waals surface area contributed by atoms with Crippen LogP contribution in [0.4, 0.5) is 0 Å². The van der Waals surface area contributed by atoms with E-state index in [4.69, 9.17) is 9.84 Å². The lowest BCUT2D eigenvalue weighted by Gasteiger charge is -2.16. The number of hydrogen-bond acceptors (Lipinski definition) is 4. The zero-order chi connectivity index (χ0) is 19.9. The molecule has 1 N–H and O–H groups in total. The normalized spacial score (nSPS) is 18.2.